The summed E-state index contributed by atoms with van der Waals surface area (Å²) >= 11 is 0. The van der Waals surface area contributed by atoms with Crippen molar-refractivity contribution in [3.05, 3.63) is 0 Å². The van der Waals surface area contributed by atoms with Gasteiger partial charge in [0, 0.05) is 19.0 Å². The third kappa shape index (κ3) is 4.44. The maximum absolute atomic E-state index is 12.4. The molecular weight excluding hydrogens is 292 g/mol. The minimum atomic E-state index is -0.653. The van der Waals surface area contributed by atoms with Crippen molar-refractivity contribution >= 4 is 11.8 Å². The Kier molecular flexibility index (Phi) is 6.40. The molecule has 2 amide bonds. The lowest BCUT2D eigenvalue weighted by molar-refractivity contribution is -0.133. The molecule has 0 aromatic carbocycles. The van der Waals surface area contributed by atoms with Crippen LogP contribution in [0.4, 0.5) is 0 Å². The van der Waals surface area contributed by atoms with Gasteiger partial charge < -0.3 is 16.0 Å². The van der Waals surface area contributed by atoms with E-state index in [1.807, 2.05) is 0 Å². The summed E-state index contributed by atoms with van der Waals surface area (Å²) in [5, 5.41) is 12.0. The summed E-state index contributed by atoms with van der Waals surface area (Å²) in [5.74, 6) is -0.355. The fourth-order valence-electron chi connectivity index (χ4n) is 3.35. The minimum absolute atomic E-state index is 0.0213. The van der Waals surface area contributed by atoms with E-state index < -0.39 is 6.04 Å². The number of carbonyl (C=O) groups excluding carboxylic acids is 2. The van der Waals surface area contributed by atoms with E-state index in [1.165, 1.54) is 12.8 Å². The van der Waals surface area contributed by atoms with Crippen molar-refractivity contribution in [3.63, 3.8) is 0 Å². The molecule has 1 saturated heterocycles. The lowest BCUT2D eigenvalue weighted by atomic mass is 10.1. The Morgan fingerprint density at radius 3 is 2.87 bits per heavy atom. The van der Waals surface area contributed by atoms with Gasteiger partial charge in [-0.15, -0.1) is 0 Å². The summed E-state index contributed by atoms with van der Waals surface area (Å²) in [6.07, 6.45) is 6.75. The Morgan fingerprint density at radius 1 is 1.39 bits per heavy atom. The highest BCUT2D eigenvalue weighted by molar-refractivity contribution is 5.87. The van der Waals surface area contributed by atoms with Gasteiger partial charge in [-0.05, 0) is 31.6 Å². The maximum Gasteiger partial charge on any atom is 0.240 e. The van der Waals surface area contributed by atoms with Crippen LogP contribution in [0.3, 0.4) is 0 Å². The third-order valence-corrected chi connectivity index (χ3v) is 4.94. The van der Waals surface area contributed by atoms with Crippen molar-refractivity contribution < 1.29 is 9.59 Å². The summed E-state index contributed by atoms with van der Waals surface area (Å²) in [6, 6.07) is 1.16. The van der Waals surface area contributed by atoms with E-state index in [0.717, 1.165) is 25.7 Å². The Hall–Kier alpha value is -1.61. The molecule has 0 aromatic rings. The number of nitrogens with one attached hydrogen (secondary N) is 1. The molecule has 2 aliphatic rings. The molecule has 23 heavy (non-hydrogen) atoms. The molecule has 0 radical (unpaired) electrons. The number of carbonyl (C=O) groups is 2. The first kappa shape index (κ1) is 17.7. The van der Waals surface area contributed by atoms with Crippen LogP contribution in [0.25, 0.3) is 0 Å². The second kappa shape index (κ2) is 8.30. The monoisotopic (exact) mass is 320 g/mol. The number of rotatable bonds is 8. The van der Waals surface area contributed by atoms with Crippen LogP contribution in [0.2, 0.25) is 0 Å². The lowest BCUT2D eigenvalue weighted by Crippen LogP contribution is -2.47. The fraction of sp³-hybridized carbons (Fsp3) is 0.824. The summed E-state index contributed by atoms with van der Waals surface area (Å²) in [7, 11) is 0. The molecule has 2 rings (SSSR count). The quantitative estimate of drug-likeness (QED) is 0.656. The zero-order valence-corrected chi connectivity index (χ0v) is 14.0. The first-order valence-electron chi connectivity index (χ1n) is 8.83. The lowest BCUT2D eigenvalue weighted by Gasteiger charge is -2.23. The molecule has 6 nitrogen and oxygen atoms in total. The highest BCUT2D eigenvalue weighted by Crippen LogP contribution is 2.41. The summed E-state index contributed by atoms with van der Waals surface area (Å²) in [6.45, 7) is 3.46. The van der Waals surface area contributed by atoms with Crippen molar-refractivity contribution in [1.82, 2.24) is 10.2 Å². The summed E-state index contributed by atoms with van der Waals surface area (Å²) < 4.78 is 0. The van der Waals surface area contributed by atoms with Gasteiger partial charge in [-0.1, -0.05) is 26.2 Å². The SMILES string of the molecule is CCCCCCNC(=O)[C@H]1C[C@H]1[C@H](N)C(=O)N1CCC[C@H]1C#N. The number of nitrogens with two attached hydrogens (primary N) is 1. The second-order valence-electron chi connectivity index (χ2n) is 6.70. The van der Waals surface area contributed by atoms with Crippen molar-refractivity contribution in [2.24, 2.45) is 17.6 Å². The molecule has 3 N–H and O–H groups in total. The topological polar surface area (TPSA) is 99.2 Å². The molecule has 0 bridgehead atoms. The van der Waals surface area contributed by atoms with Gasteiger partial charge in [-0.3, -0.25) is 9.59 Å². The van der Waals surface area contributed by atoms with Gasteiger partial charge >= 0.3 is 0 Å². The molecule has 6 heteroatoms. The van der Waals surface area contributed by atoms with Crippen molar-refractivity contribution in [2.45, 2.75) is 64.0 Å². The average molecular weight is 320 g/mol. The zero-order chi connectivity index (χ0) is 16.8. The largest absolute Gasteiger partial charge is 0.356 e. The molecule has 1 aliphatic carbocycles. The molecule has 4 atom stereocenters. The Bertz CT molecular complexity index is 474. The summed E-state index contributed by atoms with van der Waals surface area (Å²) in [4.78, 5) is 26.1. The van der Waals surface area contributed by atoms with Gasteiger partial charge in [-0.25, -0.2) is 0 Å². The van der Waals surface area contributed by atoms with Gasteiger partial charge in [0.25, 0.3) is 0 Å². The predicted molar refractivity (Wildman–Crippen MR) is 87.1 cm³/mol. The first-order chi connectivity index (χ1) is 11.1. The number of nitriles is 1. The highest BCUT2D eigenvalue weighted by Gasteiger charge is 2.50. The number of unbranched alkanes of at least 4 members (excludes halogenated alkanes) is 3. The number of hydrogen-bond acceptors (Lipinski definition) is 4. The molecule has 1 heterocycles. The second-order valence-corrected chi connectivity index (χ2v) is 6.70. The van der Waals surface area contributed by atoms with Crippen LogP contribution in [0.5, 0.6) is 0 Å². The van der Waals surface area contributed by atoms with Gasteiger partial charge in [-0.2, -0.15) is 5.26 Å². The zero-order valence-electron chi connectivity index (χ0n) is 14.0. The molecule has 1 aliphatic heterocycles. The van der Waals surface area contributed by atoms with Gasteiger partial charge in [0.05, 0.1) is 12.1 Å². The average Bonchev–Trinajstić information content (AvgIpc) is 3.22. The van der Waals surface area contributed by atoms with Gasteiger partial charge in [0.15, 0.2) is 0 Å². The van der Waals surface area contributed by atoms with Crippen LogP contribution in [-0.4, -0.2) is 41.9 Å². The number of hydrogen-bond donors (Lipinski definition) is 2. The Balaban J connectivity index is 1.73. The van der Waals surface area contributed by atoms with E-state index >= 15 is 0 Å². The van der Waals surface area contributed by atoms with E-state index in [0.29, 0.717) is 19.5 Å². The normalized spacial score (nSPS) is 27.3. The number of likely N-dealkylation sites (tertiary alicyclic amines) is 1. The van der Waals surface area contributed by atoms with E-state index in [9.17, 15) is 9.59 Å². The van der Waals surface area contributed by atoms with Crippen molar-refractivity contribution in [3.8, 4) is 6.07 Å². The van der Waals surface area contributed by atoms with Crippen molar-refractivity contribution in [2.75, 3.05) is 13.1 Å². The predicted octanol–water partition coefficient (Wildman–Crippen LogP) is 1.16. The van der Waals surface area contributed by atoms with Crippen LogP contribution < -0.4 is 11.1 Å². The summed E-state index contributed by atoms with van der Waals surface area (Å²) in [5.41, 5.74) is 6.06. The maximum atomic E-state index is 12.4. The van der Waals surface area contributed by atoms with Crippen molar-refractivity contribution in [1.29, 1.82) is 5.26 Å². The van der Waals surface area contributed by atoms with Crippen LogP contribution in [0, 0.1) is 23.2 Å². The molecule has 128 valence electrons. The van der Waals surface area contributed by atoms with Crippen LogP contribution in [0.15, 0.2) is 0 Å². The molecule has 2 fully saturated rings. The van der Waals surface area contributed by atoms with E-state index in [2.05, 4.69) is 18.3 Å². The Morgan fingerprint density at radius 2 is 2.17 bits per heavy atom. The molecular formula is C17H28N4O2. The van der Waals surface area contributed by atoms with Crippen LogP contribution >= 0.6 is 0 Å². The number of amides is 2. The minimum Gasteiger partial charge on any atom is -0.356 e. The first-order valence-corrected chi connectivity index (χ1v) is 8.83. The highest BCUT2D eigenvalue weighted by atomic mass is 16.2. The molecule has 0 spiro atoms. The van der Waals surface area contributed by atoms with Crippen LogP contribution in [0.1, 0.15) is 51.9 Å². The Labute approximate surface area is 138 Å². The van der Waals surface area contributed by atoms with E-state index in [-0.39, 0.29) is 29.7 Å². The fourth-order valence-corrected chi connectivity index (χ4v) is 3.35. The van der Waals surface area contributed by atoms with E-state index in [1.54, 1.807) is 4.90 Å². The number of nitrogens with zero attached hydrogens (tertiary/aromatic N) is 2. The third-order valence-electron chi connectivity index (χ3n) is 4.94. The smallest absolute Gasteiger partial charge is 0.240 e. The molecule has 0 unspecified atom stereocenters. The molecule has 0 aromatic heterocycles. The van der Waals surface area contributed by atoms with Crippen LogP contribution in [-0.2, 0) is 9.59 Å². The standard InChI is InChI=1S/C17H28N4O2/c1-2-3-4-5-8-20-16(22)14-10-13(14)15(19)17(23)21-9-6-7-12(21)11-18/h12-15H,2-10,19H2,1H3,(H,20,22)/t12-,13+,14-,15-/m0/s1. The van der Waals surface area contributed by atoms with Gasteiger partial charge in [0.1, 0.15) is 6.04 Å². The van der Waals surface area contributed by atoms with E-state index in [4.69, 9.17) is 11.0 Å². The van der Waals surface area contributed by atoms with Gasteiger partial charge in [0.2, 0.25) is 11.8 Å². The molecule has 1 saturated carbocycles.